The Morgan fingerprint density at radius 3 is 1.20 bits per heavy atom. The highest BCUT2D eigenvalue weighted by Crippen LogP contribution is 2.64. The fourth-order valence-corrected chi connectivity index (χ4v) is 15.5. The van der Waals surface area contributed by atoms with Crippen molar-refractivity contribution in [3.05, 3.63) is 349 Å². The third-order valence-corrected chi connectivity index (χ3v) is 19.4. The molecule has 0 aliphatic heterocycles. The first-order valence-electron chi connectivity index (χ1n) is 31.4. The van der Waals surface area contributed by atoms with E-state index in [0.717, 1.165) is 111 Å². The van der Waals surface area contributed by atoms with Crippen LogP contribution >= 0.6 is 0 Å². The quantitative estimate of drug-likeness (QED) is 0.128. The smallest absolute Gasteiger partial charge is 0.159 e. The average Bonchev–Trinajstić information content (AvgIpc) is 1.52. The van der Waals surface area contributed by atoms with E-state index in [4.69, 9.17) is 8.83 Å². The largest absolute Gasteiger partial charge is 0.453 e. The highest BCUT2D eigenvalue weighted by Gasteiger charge is 2.49. The van der Waals surface area contributed by atoms with Crippen molar-refractivity contribution in [2.75, 3.05) is 9.80 Å². The predicted octanol–water partition coefficient (Wildman–Crippen LogP) is 24.2. The number of hydrogen-bond acceptors (Lipinski definition) is 4. The molecule has 1 aliphatic carbocycles. The van der Waals surface area contributed by atoms with Crippen LogP contribution in [0.25, 0.3) is 110 Å². The molecule has 0 spiro atoms. The molecule has 0 saturated carbocycles. The molecule has 428 valence electrons. The highest BCUT2D eigenvalue weighted by molar-refractivity contribution is 6.25. The van der Waals surface area contributed by atoms with Crippen LogP contribution in [0.1, 0.15) is 33.4 Å². The summed E-state index contributed by atoms with van der Waals surface area (Å²) in [5.41, 5.74) is 22.8. The first-order valence-corrected chi connectivity index (χ1v) is 31.4. The second-order valence-corrected chi connectivity index (χ2v) is 24.2. The molecule has 2 aromatic heterocycles. The average molecular weight is 1160 g/mol. The summed E-state index contributed by atoms with van der Waals surface area (Å²) in [5.74, 6) is 0. The minimum absolute atomic E-state index is 0.827. The highest BCUT2D eigenvalue weighted by atomic mass is 16.3. The topological polar surface area (TPSA) is 32.8 Å². The van der Waals surface area contributed by atoms with Gasteiger partial charge in [-0.1, -0.05) is 261 Å². The van der Waals surface area contributed by atoms with Crippen LogP contribution in [0.15, 0.2) is 324 Å². The molecular weight excluding hydrogens is 1100 g/mol. The van der Waals surface area contributed by atoms with Crippen LogP contribution in [0.3, 0.4) is 0 Å². The molecule has 0 amide bonds. The summed E-state index contributed by atoms with van der Waals surface area (Å²) in [6.07, 6.45) is 0. The second kappa shape index (κ2) is 20.7. The van der Waals surface area contributed by atoms with Crippen LogP contribution in [-0.4, -0.2) is 0 Å². The van der Waals surface area contributed by atoms with Gasteiger partial charge in [0.1, 0.15) is 11.2 Å². The van der Waals surface area contributed by atoms with Gasteiger partial charge in [0.25, 0.3) is 0 Å². The van der Waals surface area contributed by atoms with Crippen molar-refractivity contribution < 1.29 is 8.83 Å². The third kappa shape index (κ3) is 7.82. The fraction of sp³-hybridized carbons (Fsp3) is 0.0345. The number of aryl methyl sites for hydroxylation is 2. The van der Waals surface area contributed by atoms with E-state index in [0.29, 0.717) is 0 Å². The molecular formula is C87H58N2O2. The summed E-state index contributed by atoms with van der Waals surface area (Å²) >= 11 is 0. The van der Waals surface area contributed by atoms with Gasteiger partial charge in [-0.15, -0.1) is 0 Å². The molecule has 0 radical (unpaired) electrons. The van der Waals surface area contributed by atoms with E-state index < -0.39 is 5.41 Å². The van der Waals surface area contributed by atoms with Gasteiger partial charge in [-0.2, -0.15) is 0 Å². The maximum atomic E-state index is 7.37. The Bertz CT molecular complexity index is 5710. The van der Waals surface area contributed by atoms with Gasteiger partial charge < -0.3 is 18.6 Å². The van der Waals surface area contributed by atoms with Gasteiger partial charge in [0, 0.05) is 55.1 Å². The molecule has 2 heterocycles. The molecule has 91 heavy (non-hydrogen) atoms. The molecule has 0 saturated heterocycles. The van der Waals surface area contributed by atoms with Crippen molar-refractivity contribution in [2.24, 2.45) is 0 Å². The van der Waals surface area contributed by atoms with Crippen LogP contribution < -0.4 is 9.80 Å². The predicted molar refractivity (Wildman–Crippen MR) is 381 cm³/mol. The molecule has 18 rings (SSSR count). The molecule has 4 heteroatoms. The maximum Gasteiger partial charge on any atom is 0.159 e. The molecule has 0 N–H and O–H groups in total. The van der Waals surface area contributed by atoms with Gasteiger partial charge in [0.05, 0.1) is 22.5 Å². The Morgan fingerprint density at radius 2 is 0.659 bits per heavy atom. The van der Waals surface area contributed by atoms with E-state index >= 15 is 0 Å². The van der Waals surface area contributed by atoms with E-state index in [2.05, 4.69) is 339 Å². The zero-order valence-electron chi connectivity index (χ0n) is 50.2. The van der Waals surface area contributed by atoms with E-state index in [1.807, 2.05) is 0 Å². The van der Waals surface area contributed by atoms with Gasteiger partial charge in [0.2, 0.25) is 0 Å². The number of nitrogens with zero attached hydrogens (tertiary/aromatic N) is 2. The number of benzene rings is 15. The summed E-state index contributed by atoms with van der Waals surface area (Å²) < 4.78 is 14.6. The van der Waals surface area contributed by atoms with Crippen LogP contribution in [0.2, 0.25) is 0 Å². The lowest BCUT2D eigenvalue weighted by Gasteiger charge is -2.36. The van der Waals surface area contributed by atoms with Crippen LogP contribution in [0.4, 0.5) is 34.1 Å². The molecule has 0 unspecified atom stereocenters. The minimum atomic E-state index is -0.834. The molecule has 4 nitrogen and oxygen atoms in total. The van der Waals surface area contributed by atoms with Crippen LogP contribution in [-0.2, 0) is 5.41 Å². The number of furan rings is 2. The molecule has 0 bridgehead atoms. The van der Waals surface area contributed by atoms with E-state index in [9.17, 15) is 0 Å². The lowest BCUT2D eigenvalue weighted by atomic mass is 9.66. The molecule has 17 aromatic rings. The van der Waals surface area contributed by atoms with Crippen molar-refractivity contribution in [2.45, 2.75) is 19.3 Å². The summed E-state index contributed by atoms with van der Waals surface area (Å²) in [4.78, 5) is 4.84. The standard InChI is InChI=1S/C87H58N2O2/c1-55-27-15-17-37-62(55)69-43-23-45-71-73-47-25-49-77(85(73)90-83(69)71)88(59-33-11-5-12-34-59)61-51-52-68-75(53-61)64-39-19-21-41-66(64)81-80-67-42-22-20-40-65(67)79(54-76(80)87(82(68)81,57-29-7-3-8-30-57)58-31-9-4-10-32-58)89(60-35-13-6-14-36-60)78-50-26-48-74-72-46-24-44-70(84(72)91-86(74)78)63-38-18-16-28-56(63)2/h3-54H,1-2H3. The summed E-state index contributed by atoms with van der Waals surface area (Å²) in [6.45, 7) is 4.35. The Balaban J connectivity index is 0.926. The van der Waals surface area contributed by atoms with Crippen molar-refractivity contribution in [1.29, 1.82) is 0 Å². The van der Waals surface area contributed by atoms with Crippen molar-refractivity contribution in [3.63, 3.8) is 0 Å². The number of rotatable bonds is 10. The lowest BCUT2D eigenvalue weighted by Crippen LogP contribution is -2.29. The third-order valence-electron chi connectivity index (χ3n) is 19.4. The Morgan fingerprint density at radius 1 is 0.253 bits per heavy atom. The molecule has 1 aliphatic rings. The number of para-hydroxylation sites is 6. The summed E-state index contributed by atoms with van der Waals surface area (Å²) in [6, 6.07) is 116. The monoisotopic (exact) mass is 1160 g/mol. The first-order chi connectivity index (χ1) is 45.0. The SMILES string of the molecule is Cc1ccccc1-c1cccc2c1oc1c(N(c3ccccc3)c3ccc4c5c(c6ccccc6c4c3)-c3c(cc(N(c4ccccc4)c4cccc6c4oc4c(-c7ccccc7C)cccc46)c4ccccc34)C5(c3ccccc3)c3ccccc3)cccc12. The van der Waals surface area contributed by atoms with Gasteiger partial charge in [-0.3, -0.25) is 0 Å². The minimum Gasteiger partial charge on any atom is -0.453 e. The summed E-state index contributed by atoms with van der Waals surface area (Å²) in [5, 5.41) is 11.3. The van der Waals surface area contributed by atoms with Crippen LogP contribution in [0, 0.1) is 13.8 Å². The normalized spacial score (nSPS) is 12.6. The number of anilines is 6. The zero-order chi connectivity index (χ0) is 60.3. The Hall–Kier alpha value is -11.7. The van der Waals surface area contributed by atoms with Gasteiger partial charge in [0.15, 0.2) is 11.2 Å². The number of hydrogen-bond donors (Lipinski definition) is 0. The van der Waals surface area contributed by atoms with E-state index in [-0.39, 0.29) is 0 Å². The molecule has 0 fully saturated rings. The van der Waals surface area contributed by atoms with Gasteiger partial charge in [-0.25, -0.2) is 0 Å². The Kier molecular flexibility index (Phi) is 11.9. The number of fused-ring (bicyclic) bond motifs is 16. The fourth-order valence-electron chi connectivity index (χ4n) is 15.5. The van der Waals surface area contributed by atoms with Gasteiger partial charge >= 0.3 is 0 Å². The summed E-state index contributed by atoms with van der Waals surface area (Å²) in [7, 11) is 0. The van der Waals surface area contributed by atoms with E-state index in [1.165, 1.54) is 66.1 Å². The van der Waals surface area contributed by atoms with Crippen molar-refractivity contribution >= 4 is 110 Å². The molecule has 0 atom stereocenters. The van der Waals surface area contributed by atoms with Crippen LogP contribution in [0.5, 0.6) is 0 Å². The molecule has 15 aromatic carbocycles. The van der Waals surface area contributed by atoms with Crippen molar-refractivity contribution in [1.82, 2.24) is 0 Å². The zero-order valence-corrected chi connectivity index (χ0v) is 50.2. The maximum absolute atomic E-state index is 7.37. The second-order valence-electron chi connectivity index (χ2n) is 24.2. The van der Waals surface area contributed by atoms with E-state index in [1.54, 1.807) is 0 Å². The van der Waals surface area contributed by atoms with Crippen molar-refractivity contribution in [3.8, 4) is 33.4 Å². The van der Waals surface area contributed by atoms with Gasteiger partial charge in [-0.05, 0) is 151 Å². The first kappa shape index (κ1) is 52.4. The lowest BCUT2D eigenvalue weighted by molar-refractivity contribution is 0.670. The Labute approximate surface area is 527 Å².